The zero-order chi connectivity index (χ0) is 18.0. The summed E-state index contributed by atoms with van der Waals surface area (Å²) in [5.74, 6) is 1.53. The van der Waals surface area contributed by atoms with E-state index in [9.17, 15) is 4.79 Å². The molecular weight excluding hydrogens is 304 g/mol. The van der Waals surface area contributed by atoms with E-state index in [4.69, 9.17) is 9.47 Å². The van der Waals surface area contributed by atoms with E-state index in [-0.39, 0.29) is 17.4 Å². The van der Waals surface area contributed by atoms with Crippen molar-refractivity contribution in [3.63, 3.8) is 0 Å². The Morgan fingerprint density at radius 2 is 1.96 bits per heavy atom. The van der Waals surface area contributed by atoms with Crippen molar-refractivity contribution in [2.75, 3.05) is 13.2 Å². The standard InChI is InChI=1S/C19H32N2O3/c1-7-13-16-14(23-11-12-24-16)9-10-19(13,6)17(22)21-20-15(8-2)18(3,4)5/h9,15,20H,7-8,10-12H2,1-6H3,(H,21,22). The summed E-state index contributed by atoms with van der Waals surface area (Å²) in [5, 5.41) is 0. The maximum Gasteiger partial charge on any atom is 0.244 e. The van der Waals surface area contributed by atoms with E-state index < -0.39 is 5.41 Å². The Labute approximate surface area is 145 Å². The molecule has 1 saturated heterocycles. The minimum atomic E-state index is -0.614. The first kappa shape index (κ1) is 18.8. The quantitative estimate of drug-likeness (QED) is 0.755. The molecule has 2 unspecified atom stereocenters. The highest BCUT2D eigenvalue weighted by Gasteiger charge is 2.42. The van der Waals surface area contributed by atoms with Gasteiger partial charge in [0.05, 0.1) is 5.41 Å². The first-order chi connectivity index (χ1) is 11.2. The lowest BCUT2D eigenvalue weighted by Crippen LogP contribution is -2.54. The molecule has 0 aromatic heterocycles. The molecule has 2 atom stereocenters. The lowest BCUT2D eigenvalue weighted by Gasteiger charge is -2.38. The van der Waals surface area contributed by atoms with E-state index in [2.05, 4.69) is 45.5 Å². The lowest BCUT2D eigenvalue weighted by molar-refractivity contribution is -0.130. The average Bonchev–Trinajstić information content (AvgIpc) is 2.53. The smallest absolute Gasteiger partial charge is 0.244 e. The third-order valence-electron chi connectivity index (χ3n) is 5.12. The van der Waals surface area contributed by atoms with Gasteiger partial charge in [0.25, 0.3) is 0 Å². The van der Waals surface area contributed by atoms with Crippen LogP contribution in [0.25, 0.3) is 0 Å². The molecule has 0 radical (unpaired) electrons. The lowest BCUT2D eigenvalue weighted by atomic mass is 9.73. The van der Waals surface area contributed by atoms with Crippen LogP contribution < -0.4 is 10.9 Å². The van der Waals surface area contributed by atoms with Crippen LogP contribution in [-0.4, -0.2) is 25.2 Å². The molecule has 1 aliphatic heterocycles. The highest BCUT2D eigenvalue weighted by molar-refractivity contribution is 5.86. The van der Waals surface area contributed by atoms with Gasteiger partial charge in [-0.1, -0.05) is 34.6 Å². The van der Waals surface area contributed by atoms with Gasteiger partial charge in [0.15, 0.2) is 11.5 Å². The van der Waals surface area contributed by atoms with Crippen LogP contribution in [0.3, 0.4) is 0 Å². The summed E-state index contributed by atoms with van der Waals surface area (Å²) in [5.41, 5.74) is 6.68. The monoisotopic (exact) mass is 336 g/mol. The summed E-state index contributed by atoms with van der Waals surface area (Å²) < 4.78 is 11.5. The van der Waals surface area contributed by atoms with Crippen molar-refractivity contribution in [2.24, 2.45) is 10.8 Å². The molecule has 1 aliphatic carbocycles. The van der Waals surface area contributed by atoms with Crippen LogP contribution >= 0.6 is 0 Å². The number of carbonyl (C=O) groups excluding carboxylic acids is 1. The predicted molar refractivity (Wildman–Crippen MR) is 94.8 cm³/mol. The van der Waals surface area contributed by atoms with E-state index >= 15 is 0 Å². The van der Waals surface area contributed by atoms with Crippen molar-refractivity contribution in [1.82, 2.24) is 10.9 Å². The van der Waals surface area contributed by atoms with Gasteiger partial charge in [0, 0.05) is 6.04 Å². The second kappa shape index (κ2) is 7.18. The normalized spacial score (nSPS) is 25.2. The van der Waals surface area contributed by atoms with E-state index in [1.54, 1.807) is 0 Å². The Hall–Kier alpha value is -1.49. The molecule has 2 N–H and O–H groups in total. The molecule has 136 valence electrons. The Morgan fingerprint density at radius 3 is 2.54 bits per heavy atom. The van der Waals surface area contributed by atoms with Crippen LogP contribution in [0.5, 0.6) is 0 Å². The number of ether oxygens (including phenoxy) is 2. The highest BCUT2D eigenvalue weighted by atomic mass is 16.6. The molecular formula is C19H32N2O3. The summed E-state index contributed by atoms with van der Waals surface area (Å²) in [7, 11) is 0. The second-order valence-corrected chi connectivity index (χ2v) is 7.89. The average molecular weight is 336 g/mol. The van der Waals surface area contributed by atoms with Crippen LogP contribution in [0, 0.1) is 10.8 Å². The van der Waals surface area contributed by atoms with E-state index in [1.165, 1.54) is 0 Å². The first-order valence-corrected chi connectivity index (χ1v) is 8.99. The SMILES string of the molecule is CCC1=C2OCCOC2=CCC1(C)C(=O)NNC(CC)C(C)(C)C. The Kier molecular flexibility index (Phi) is 5.63. The molecule has 1 fully saturated rings. The number of allylic oxidation sites excluding steroid dienone is 1. The zero-order valence-electron chi connectivity index (χ0n) is 15.9. The van der Waals surface area contributed by atoms with Gasteiger partial charge in [-0.25, -0.2) is 5.43 Å². The molecule has 5 nitrogen and oxygen atoms in total. The van der Waals surface area contributed by atoms with Crippen molar-refractivity contribution in [3.05, 3.63) is 23.2 Å². The predicted octanol–water partition coefficient (Wildman–Crippen LogP) is 3.44. The summed E-state index contributed by atoms with van der Waals surface area (Å²) in [6.07, 6.45) is 4.31. The third kappa shape index (κ3) is 3.61. The molecule has 1 amide bonds. The van der Waals surface area contributed by atoms with Crippen molar-refractivity contribution in [3.8, 4) is 0 Å². The summed E-state index contributed by atoms with van der Waals surface area (Å²) in [4.78, 5) is 13.0. The molecule has 0 bridgehead atoms. The number of amides is 1. The number of rotatable bonds is 5. The molecule has 0 aromatic carbocycles. The van der Waals surface area contributed by atoms with Gasteiger partial charge in [0.1, 0.15) is 13.2 Å². The van der Waals surface area contributed by atoms with Crippen molar-refractivity contribution in [1.29, 1.82) is 0 Å². The van der Waals surface area contributed by atoms with Gasteiger partial charge >= 0.3 is 0 Å². The topological polar surface area (TPSA) is 59.6 Å². The molecule has 5 heteroatoms. The first-order valence-electron chi connectivity index (χ1n) is 8.99. The number of hydrogen-bond donors (Lipinski definition) is 2. The summed E-state index contributed by atoms with van der Waals surface area (Å²) in [6.45, 7) is 13.8. The molecule has 0 spiro atoms. The van der Waals surface area contributed by atoms with Gasteiger partial charge < -0.3 is 9.47 Å². The number of fused-ring (bicyclic) bond motifs is 1. The van der Waals surface area contributed by atoms with E-state index in [0.29, 0.717) is 19.6 Å². The minimum absolute atomic E-state index is 0.0148. The van der Waals surface area contributed by atoms with E-state index in [0.717, 1.165) is 29.9 Å². The van der Waals surface area contributed by atoms with Gasteiger partial charge in [-0.05, 0) is 43.3 Å². The fraction of sp³-hybridized carbons (Fsp3) is 0.737. The summed E-state index contributed by atoms with van der Waals surface area (Å²) >= 11 is 0. The largest absolute Gasteiger partial charge is 0.486 e. The van der Waals surface area contributed by atoms with Crippen molar-refractivity contribution in [2.45, 2.75) is 66.8 Å². The molecule has 2 rings (SSSR count). The van der Waals surface area contributed by atoms with Crippen LogP contribution in [0.1, 0.15) is 60.8 Å². The Morgan fingerprint density at radius 1 is 1.29 bits per heavy atom. The number of carbonyl (C=O) groups is 1. The Bertz CT molecular complexity index is 545. The fourth-order valence-corrected chi connectivity index (χ4v) is 3.49. The zero-order valence-corrected chi connectivity index (χ0v) is 15.9. The van der Waals surface area contributed by atoms with Crippen LogP contribution in [0.2, 0.25) is 0 Å². The molecule has 1 heterocycles. The molecule has 2 aliphatic rings. The van der Waals surface area contributed by atoms with Gasteiger partial charge in [-0.15, -0.1) is 0 Å². The highest BCUT2D eigenvalue weighted by Crippen LogP contribution is 2.43. The number of hydrogen-bond acceptors (Lipinski definition) is 4. The maximum absolute atomic E-state index is 13.0. The van der Waals surface area contributed by atoms with Crippen molar-refractivity contribution >= 4 is 5.91 Å². The Balaban J connectivity index is 2.16. The maximum atomic E-state index is 13.0. The molecule has 0 aromatic rings. The van der Waals surface area contributed by atoms with Gasteiger partial charge in [-0.2, -0.15) is 0 Å². The van der Waals surface area contributed by atoms with Crippen molar-refractivity contribution < 1.29 is 14.3 Å². The fourth-order valence-electron chi connectivity index (χ4n) is 3.49. The van der Waals surface area contributed by atoms with Gasteiger partial charge in [-0.3, -0.25) is 10.2 Å². The van der Waals surface area contributed by atoms with Crippen LogP contribution in [0.15, 0.2) is 23.2 Å². The summed E-state index contributed by atoms with van der Waals surface area (Å²) in [6, 6.07) is 0.215. The molecule has 0 saturated carbocycles. The number of nitrogens with one attached hydrogen (secondary N) is 2. The van der Waals surface area contributed by atoms with Gasteiger partial charge in [0.2, 0.25) is 5.91 Å². The second-order valence-electron chi connectivity index (χ2n) is 7.89. The van der Waals surface area contributed by atoms with Crippen LogP contribution in [0.4, 0.5) is 0 Å². The van der Waals surface area contributed by atoms with Crippen LogP contribution in [-0.2, 0) is 14.3 Å². The van der Waals surface area contributed by atoms with E-state index in [1.807, 2.05) is 13.0 Å². The third-order valence-corrected chi connectivity index (χ3v) is 5.12. The number of hydrazine groups is 1. The minimum Gasteiger partial charge on any atom is -0.486 e. The molecule has 24 heavy (non-hydrogen) atoms.